The summed E-state index contributed by atoms with van der Waals surface area (Å²) in [6, 6.07) is 9.75. The Hall–Kier alpha value is -1.06. The molecule has 3 nitrogen and oxygen atoms in total. The van der Waals surface area contributed by atoms with E-state index in [0.29, 0.717) is 6.04 Å². The van der Waals surface area contributed by atoms with Crippen molar-refractivity contribution >= 4 is 0 Å². The Morgan fingerprint density at radius 1 is 1.30 bits per heavy atom. The van der Waals surface area contributed by atoms with Gasteiger partial charge in [-0.3, -0.25) is 4.90 Å². The maximum absolute atomic E-state index is 6.01. The van der Waals surface area contributed by atoms with Crippen LogP contribution >= 0.6 is 0 Å². The van der Waals surface area contributed by atoms with Gasteiger partial charge in [-0.2, -0.15) is 0 Å². The van der Waals surface area contributed by atoms with Gasteiger partial charge in [-0.15, -0.1) is 0 Å². The van der Waals surface area contributed by atoms with Crippen molar-refractivity contribution < 1.29 is 4.74 Å². The average Bonchev–Trinajstić information content (AvgIpc) is 2.82. The van der Waals surface area contributed by atoms with E-state index in [4.69, 9.17) is 4.74 Å². The summed E-state index contributed by atoms with van der Waals surface area (Å²) in [5.74, 6) is 1.02. The van der Waals surface area contributed by atoms with Gasteiger partial charge in [0.05, 0.1) is 0 Å². The molecule has 0 aromatic heterocycles. The van der Waals surface area contributed by atoms with Gasteiger partial charge in [-0.1, -0.05) is 25.1 Å². The first-order valence-corrected chi connectivity index (χ1v) is 7.87. The summed E-state index contributed by atoms with van der Waals surface area (Å²) in [5.41, 5.74) is 1.23. The van der Waals surface area contributed by atoms with E-state index in [9.17, 15) is 0 Å². The Bertz CT molecular complexity index is 408. The van der Waals surface area contributed by atoms with Crippen LogP contribution in [-0.2, 0) is 6.54 Å². The molecule has 0 saturated carbocycles. The number of hydrogen-bond donors (Lipinski definition) is 1. The fraction of sp³-hybridized carbons (Fsp3) is 0.647. The second-order valence-corrected chi connectivity index (χ2v) is 5.71. The molecular weight excluding hydrogens is 248 g/mol. The molecule has 1 saturated heterocycles. The van der Waals surface area contributed by atoms with Gasteiger partial charge in [-0.05, 0) is 39.3 Å². The van der Waals surface area contributed by atoms with Crippen molar-refractivity contribution in [3.05, 3.63) is 29.8 Å². The lowest BCUT2D eigenvalue weighted by Gasteiger charge is -2.27. The zero-order valence-electron chi connectivity index (χ0n) is 13.1. The molecule has 2 rings (SSSR count). The summed E-state index contributed by atoms with van der Waals surface area (Å²) in [4.78, 5) is 2.61. The Balaban J connectivity index is 1.86. The van der Waals surface area contributed by atoms with E-state index in [-0.39, 0.29) is 0 Å². The van der Waals surface area contributed by atoms with Crippen LogP contribution in [0.4, 0.5) is 0 Å². The molecule has 2 unspecified atom stereocenters. The van der Waals surface area contributed by atoms with Crippen molar-refractivity contribution in [2.24, 2.45) is 0 Å². The second-order valence-electron chi connectivity index (χ2n) is 5.71. The number of hydrogen-bond acceptors (Lipinski definition) is 3. The summed E-state index contributed by atoms with van der Waals surface area (Å²) in [6.45, 7) is 7.30. The van der Waals surface area contributed by atoms with E-state index in [1.165, 1.54) is 24.8 Å². The van der Waals surface area contributed by atoms with E-state index < -0.39 is 0 Å². The largest absolute Gasteiger partial charge is 0.492 e. The first kappa shape index (κ1) is 15.3. The topological polar surface area (TPSA) is 24.5 Å². The van der Waals surface area contributed by atoms with Crippen LogP contribution in [0.2, 0.25) is 0 Å². The molecule has 1 aliphatic rings. The first-order chi connectivity index (χ1) is 9.76. The molecule has 0 spiro atoms. The van der Waals surface area contributed by atoms with Crippen LogP contribution in [0, 0.1) is 0 Å². The maximum atomic E-state index is 6.01. The molecule has 0 aliphatic carbocycles. The Labute approximate surface area is 123 Å². The van der Waals surface area contributed by atoms with Crippen molar-refractivity contribution in [2.45, 2.75) is 51.7 Å². The zero-order valence-corrected chi connectivity index (χ0v) is 13.1. The van der Waals surface area contributed by atoms with Crippen LogP contribution in [0.5, 0.6) is 5.75 Å². The minimum Gasteiger partial charge on any atom is -0.492 e. The molecule has 0 amide bonds. The van der Waals surface area contributed by atoms with E-state index in [2.05, 4.69) is 42.3 Å². The molecular formula is C17H28N2O. The van der Waals surface area contributed by atoms with Crippen molar-refractivity contribution in [3.63, 3.8) is 0 Å². The fourth-order valence-corrected chi connectivity index (χ4v) is 3.21. The number of ether oxygens (including phenoxy) is 1. The van der Waals surface area contributed by atoms with Crippen molar-refractivity contribution in [1.29, 1.82) is 0 Å². The molecule has 1 aromatic rings. The highest BCUT2D eigenvalue weighted by molar-refractivity contribution is 5.33. The lowest BCUT2D eigenvalue weighted by molar-refractivity contribution is 0.159. The third-order valence-corrected chi connectivity index (χ3v) is 4.37. The molecule has 1 heterocycles. The van der Waals surface area contributed by atoms with Gasteiger partial charge >= 0.3 is 0 Å². The fourth-order valence-electron chi connectivity index (χ4n) is 3.21. The van der Waals surface area contributed by atoms with Crippen LogP contribution in [0.15, 0.2) is 24.3 Å². The molecule has 0 bridgehead atoms. The van der Waals surface area contributed by atoms with Crippen molar-refractivity contribution in [3.8, 4) is 5.75 Å². The van der Waals surface area contributed by atoms with Crippen LogP contribution in [0.25, 0.3) is 0 Å². The van der Waals surface area contributed by atoms with E-state index in [1.807, 2.05) is 13.1 Å². The number of rotatable bonds is 7. The normalized spacial score (nSPS) is 23.1. The second kappa shape index (κ2) is 7.65. The monoisotopic (exact) mass is 276 g/mol. The minimum atomic E-state index is 0.705. The third-order valence-electron chi connectivity index (χ3n) is 4.37. The van der Waals surface area contributed by atoms with Crippen molar-refractivity contribution in [1.82, 2.24) is 10.2 Å². The Morgan fingerprint density at radius 2 is 2.10 bits per heavy atom. The third kappa shape index (κ3) is 3.74. The van der Waals surface area contributed by atoms with E-state index in [0.717, 1.165) is 31.5 Å². The predicted molar refractivity (Wildman–Crippen MR) is 84.2 cm³/mol. The molecule has 20 heavy (non-hydrogen) atoms. The Morgan fingerprint density at radius 3 is 2.85 bits per heavy atom. The molecule has 112 valence electrons. The van der Waals surface area contributed by atoms with Gasteiger partial charge in [0, 0.05) is 30.7 Å². The molecule has 3 heteroatoms. The van der Waals surface area contributed by atoms with Crippen LogP contribution < -0.4 is 10.1 Å². The van der Waals surface area contributed by atoms with E-state index in [1.54, 1.807) is 0 Å². The van der Waals surface area contributed by atoms with E-state index >= 15 is 0 Å². The quantitative estimate of drug-likeness (QED) is 0.828. The number of likely N-dealkylation sites (tertiary alicyclic amines) is 1. The van der Waals surface area contributed by atoms with Gasteiger partial charge in [0.15, 0.2) is 0 Å². The van der Waals surface area contributed by atoms with Crippen LogP contribution in [-0.4, -0.2) is 37.2 Å². The lowest BCUT2D eigenvalue weighted by atomic mass is 10.1. The SMILES string of the molecule is CCC1CCC(C)N1CCOc1ccccc1CNC. The number of nitrogens with one attached hydrogen (secondary N) is 1. The standard InChI is InChI=1S/C17H28N2O/c1-4-16-10-9-14(2)19(16)11-12-20-17-8-6-5-7-15(17)13-18-3/h5-8,14,16,18H,4,9-13H2,1-3H3. The lowest BCUT2D eigenvalue weighted by Crippen LogP contribution is -2.37. The maximum Gasteiger partial charge on any atom is 0.123 e. The van der Waals surface area contributed by atoms with Gasteiger partial charge < -0.3 is 10.1 Å². The molecule has 0 radical (unpaired) electrons. The van der Waals surface area contributed by atoms with Gasteiger partial charge in [0.25, 0.3) is 0 Å². The number of nitrogens with zero attached hydrogens (tertiary/aromatic N) is 1. The highest BCUT2D eigenvalue weighted by atomic mass is 16.5. The summed E-state index contributed by atoms with van der Waals surface area (Å²) < 4.78 is 6.01. The number of benzene rings is 1. The molecule has 1 fully saturated rings. The highest BCUT2D eigenvalue weighted by Gasteiger charge is 2.28. The summed E-state index contributed by atoms with van der Waals surface area (Å²) in [5, 5.41) is 3.19. The molecule has 1 aliphatic heterocycles. The van der Waals surface area contributed by atoms with Crippen LogP contribution in [0.3, 0.4) is 0 Å². The summed E-state index contributed by atoms with van der Waals surface area (Å²) in [6.07, 6.45) is 3.92. The minimum absolute atomic E-state index is 0.705. The summed E-state index contributed by atoms with van der Waals surface area (Å²) >= 11 is 0. The van der Waals surface area contributed by atoms with Crippen LogP contribution in [0.1, 0.15) is 38.7 Å². The van der Waals surface area contributed by atoms with Crippen molar-refractivity contribution in [2.75, 3.05) is 20.2 Å². The van der Waals surface area contributed by atoms with Gasteiger partial charge in [-0.25, -0.2) is 0 Å². The molecule has 2 atom stereocenters. The van der Waals surface area contributed by atoms with Gasteiger partial charge in [0.2, 0.25) is 0 Å². The summed E-state index contributed by atoms with van der Waals surface area (Å²) in [7, 11) is 1.97. The molecule has 1 aromatic carbocycles. The first-order valence-electron chi connectivity index (χ1n) is 7.87. The average molecular weight is 276 g/mol. The smallest absolute Gasteiger partial charge is 0.123 e. The highest BCUT2D eigenvalue weighted by Crippen LogP contribution is 2.25. The predicted octanol–water partition coefficient (Wildman–Crippen LogP) is 3.05. The molecule has 1 N–H and O–H groups in total. The Kier molecular flexibility index (Phi) is 5.86. The zero-order chi connectivity index (χ0) is 14.4. The van der Waals surface area contributed by atoms with Gasteiger partial charge in [0.1, 0.15) is 12.4 Å². The number of para-hydroxylation sites is 1.